The van der Waals surface area contributed by atoms with Crippen LogP contribution in [0.3, 0.4) is 0 Å². The first-order chi connectivity index (χ1) is 6.74. The number of carbonyl (C=O) groups excluding carboxylic acids is 1. The van der Waals surface area contributed by atoms with E-state index >= 15 is 0 Å². The zero-order chi connectivity index (χ0) is 10.4. The van der Waals surface area contributed by atoms with Crippen molar-refractivity contribution in [1.29, 1.82) is 0 Å². The molecule has 0 saturated heterocycles. The van der Waals surface area contributed by atoms with Crippen LogP contribution in [0.5, 0.6) is 0 Å². The average Bonchev–Trinajstić information content (AvgIpc) is 2.19. The normalized spacial score (nSPS) is 10.1. The summed E-state index contributed by atoms with van der Waals surface area (Å²) in [5.74, 6) is 0. The summed E-state index contributed by atoms with van der Waals surface area (Å²) < 4.78 is 5.35. The van der Waals surface area contributed by atoms with Crippen molar-refractivity contribution in [3.63, 3.8) is 0 Å². The molecule has 2 nitrogen and oxygen atoms in total. The molecule has 0 aliphatic rings. The van der Waals surface area contributed by atoms with Gasteiger partial charge in [0.25, 0.3) is 5.24 Å². The highest BCUT2D eigenvalue weighted by atomic mass is 35.5. The lowest BCUT2D eigenvalue weighted by Crippen LogP contribution is -1.95. The van der Waals surface area contributed by atoms with E-state index in [1.807, 2.05) is 12.1 Å². The Morgan fingerprint density at radius 1 is 1.36 bits per heavy atom. The van der Waals surface area contributed by atoms with Gasteiger partial charge >= 0.3 is 0 Å². The van der Waals surface area contributed by atoms with Gasteiger partial charge in [0.15, 0.2) is 0 Å². The van der Waals surface area contributed by atoms with Gasteiger partial charge in [0.1, 0.15) is 0 Å². The van der Waals surface area contributed by atoms with E-state index in [4.69, 9.17) is 16.3 Å². The van der Waals surface area contributed by atoms with Crippen LogP contribution in [0.4, 0.5) is 0 Å². The van der Waals surface area contributed by atoms with Crippen LogP contribution in [-0.4, -0.2) is 11.8 Å². The van der Waals surface area contributed by atoms with Crippen LogP contribution in [0, 0.1) is 0 Å². The number of benzene rings is 1. The van der Waals surface area contributed by atoms with Crippen molar-refractivity contribution in [2.75, 3.05) is 6.61 Å². The van der Waals surface area contributed by atoms with Crippen LogP contribution in [0.25, 0.3) is 0 Å². The Kier molecular flexibility index (Phi) is 4.63. The third kappa shape index (κ3) is 3.48. The molecule has 0 fully saturated rings. The highest BCUT2D eigenvalue weighted by molar-refractivity contribution is 6.67. The van der Waals surface area contributed by atoms with E-state index < -0.39 is 5.24 Å². The van der Waals surface area contributed by atoms with E-state index in [-0.39, 0.29) is 0 Å². The van der Waals surface area contributed by atoms with E-state index in [0.29, 0.717) is 12.2 Å². The van der Waals surface area contributed by atoms with E-state index in [1.165, 1.54) is 0 Å². The molecule has 0 atom stereocenters. The molecule has 0 spiro atoms. The van der Waals surface area contributed by atoms with Gasteiger partial charge in [0.2, 0.25) is 0 Å². The Labute approximate surface area is 88.8 Å². The van der Waals surface area contributed by atoms with Gasteiger partial charge in [-0.1, -0.05) is 19.1 Å². The molecule has 0 aliphatic carbocycles. The Hall–Kier alpha value is -0.860. The van der Waals surface area contributed by atoms with Gasteiger partial charge in [0.05, 0.1) is 6.61 Å². The SMILES string of the molecule is CCCOCc1ccc(C(=O)Cl)cc1. The summed E-state index contributed by atoms with van der Waals surface area (Å²) in [5, 5.41) is -0.425. The fourth-order valence-electron chi connectivity index (χ4n) is 1.07. The van der Waals surface area contributed by atoms with Crippen molar-refractivity contribution < 1.29 is 9.53 Å². The van der Waals surface area contributed by atoms with Crippen molar-refractivity contribution in [2.24, 2.45) is 0 Å². The van der Waals surface area contributed by atoms with Gasteiger partial charge < -0.3 is 4.74 Å². The van der Waals surface area contributed by atoms with E-state index in [0.717, 1.165) is 18.6 Å². The van der Waals surface area contributed by atoms with Crippen LogP contribution >= 0.6 is 11.6 Å². The second kappa shape index (κ2) is 5.78. The quantitative estimate of drug-likeness (QED) is 0.554. The molecule has 76 valence electrons. The lowest BCUT2D eigenvalue weighted by atomic mass is 10.1. The molecule has 0 N–H and O–H groups in total. The van der Waals surface area contributed by atoms with Crippen LogP contribution in [0.2, 0.25) is 0 Å². The number of carbonyl (C=O) groups is 1. The minimum atomic E-state index is -0.425. The fraction of sp³-hybridized carbons (Fsp3) is 0.364. The standard InChI is InChI=1S/C11H13ClO2/c1-2-7-14-8-9-3-5-10(6-4-9)11(12)13/h3-6H,2,7-8H2,1H3. The van der Waals surface area contributed by atoms with Gasteiger partial charge in [0, 0.05) is 12.2 Å². The molecular formula is C11H13ClO2. The van der Waals surface area contributed by atoms with Crippen molar-refractivity contribution in [2.45, 2.75) is 20.0 Å². The first kappa shape index (κ1) is 11.2. The molecule has 0 aromatic heterocycles. The third-order valence-electron chi connectivity index (χ3n) is 1.80. The predicted molar refractivity (Wildman–Crippen MR) is 56.6 cm³/mol. The van der Waals surface area contributed by atoms with Crippen LogP contribution in [0.1, 0.15) is 29.3 Å². The zero-order valence-corrected chi connectivity index (χ0v) is 8.88. The maximum Gasteiger partial charge on any atom is 0.252 e. The molecule has 0 unspecified atom stereocenters. The molecule has 1 aromatic carbocycles. The molecule has 0 amide bonds. The van der Waals surface area contributed by atoms with Crippen molar-refractivity contribution >= 4 is 16.8 Å². The van der Waals surface area contributed by atoms with Crippen LogP contribution < -0.4 is 0 Å². The van der Waals surface area contributed by atoms with Gasteiger partial charge in [-0.2, -0.15) is 0 Å². The van der Waals surface area contributed by atoms with Crippen LogP contribution in [0.15, 0.2) is 24.3 Å². The maximum atomic E-state index is 10.8. The molecule has 1 rings (SSSR count). The monoisotopic (exact) mass is 212 g/mol. The lowest BCUT2D eigenvalue weighted by molar-refractivity contribution is 0.108. The third-order valence-corrected chi connectivity index (χ3v) is 2.02. The summed E-state index contributed by atoms with van der Waals surface area (Å²) in [4.78, 5) is 10.8. The second-order valence-electron chi connectivity index (χ2n) is 3.02. The molecular weight excluding hydrogens is 200 g/mol. The minimum absolute atomic E-state index is 0.425. The summed E-state index contributed by atoms with van der Waals surface area (Å²) >= 11 is 5.31. The molecule has 14 heavy (non-hydrogen) atoms. The molecule has 3 heteroatoms. The summed E-state index contributed by atoms with van der Waals surface area (Å²) in [5.41, 5.74) is 1.58. The minimum Gasteiger partial charge on any atom is -0.377 e. The molecule has 0 heterocycles. The van der Waals surface area contributed by atoms with E-state index in [9.17, 15) is 4.79 Å². The Bertz CT molecular complexity index is 293. The van der Waals surface area contributed by atoms with Gasteiger partial charge in [-0.3, -0.25) is 4.79 Å². The van der Waals surface area contributed by atoms with E-state index in [2.05, 4.69) is 6.92 Å². The number of ether oxygens (including phenoxy) is 1. The van der Waals surface area contributed by atoms with Gasteiger partial charge in [-0.25, -0.2) is 0 Å². The number of hydrogen-bond acceptors (Lipinski definition) is 2. The lowest BCUT2D eigenvalue weighted by Gasteiger charge is -2.02. The first-order valence-electron chi connectivity index (χ1n) is 4.60. The topological polar surface area (TPSA) is 26.3 Å². The van der Waals surface area contributed by atoms with Gasteiger partial charge in [-0.05, 0) is 35.7 Å². The van der Waals surface area contributed by atoms with E-state index in [1.54, 1.807) is 12.1 Å². The van der Waals surface area contributed by atoms with Crippen molar-refractivity contribution in [3.05, 3.63) is 35.4 Å². The Morgan fingerprint density at radius 3 is 2.50 bits per heavy atom. The van der Waals surface area contributed by atoms with Gasteiger partial charge in [-0.15, -0.1) is 0 Å². The number of rotatable bonds is 5. The first-order valence-corrected chi connectivity index (χ1v) is 4.98. The maximum absolute atomic E-state index is 10.8. The van der Waals surface area contributed by atoms with Crippen molar-refractivity contribution in [1.82, 2.24) is 0 Å². The summed E-state index contributed by atoms with van der Waals surface area (Å²) in [6.45, 7) is 3.41. The predicted octanol–water partition coefficient (Wildman–Crippen LogP) is 2.99. The Morgan fingerprint density at radius 2 is 2.00 bits per heavy atom. The smallest absolute Gasteiger partial charge is 0.252 e. The zero-order valence-electron chi connectivity index (χ0n) is 8.13. The molecule has 1 aromatic rings. The fourth-order valence-corrected chi connectivity index (χ4v) is 1.19. The highest BCUT2D eigenvalue weighted by Gasteiger charge is 2.00. The highest BCUT2D eigenvalue weighted by Crippen LogP contribution is 2.08. The molecule has 0 saturated carbocycles. The Balaban J connectivity index is 2.51. The number of hydrogen-bond donors (Lipinski definition) is 0. The van der Waals surface area contributed by atoms with Crippen molar-refractivity contribution in [3.8, 4) is 0 Å². The molecule has 0 aliphatic heterocycles. The summed E-state index contributed by atoms with van der Waals surface area (Å²) in [6.07, 6.45) is 1.01. The molecule has 0 bridgehead atoms. The average molecular weight is 213 g/mol. The van der Waals surface area contributed by atoms with Crippen LogP contribution in [-0.2, 0) is 11.3 Å². The largest absolute Gasteiger partial charge is 0.377 e. The second-order valence-corrected chi connectivity index (χ2v) is 3.37. The molecule has 0 radical (unpaired) electrons. The summed E-state index contributed by atoms with van der Waals surface area (Å²) in [6, 6.07) is 7.12. The summed E-state index contributed by atoms with van der Waals surface area (Å²) in [7, 11) is 0. The number of halogens is 1.